The second kappa shape index (κ2) is 5.50. The third-order valence-corrected chi connectivity index (χ3v) is 5.16. The molecule has 0 N–H and O–H groups in total. The van der Waals surface area contributed by atoms with E-state index in [0.29, 0.717) is 20.9 Å². The van der Waals surface area contributed by atoms with Crippen LogP contribution in [0.25, 0.3) is 0 Å². The van der Waals surface area contributed by atoms with Crippen molar-refractivity contribution in [1.82, 2.24) is 23.9 Å². The van der Waals surface area contributed by atoms with Gasteiger partial charge in [0, 0.05) is 0 Å². The van der Waals surface area contributed by atoms with E-state index in [-0.39, 0.29) is 6.01 Å². The Balaban J connectivity index is 1.96. The lowest BCUT2D eigenvalue weighted by molar-refractivity contribution is -0.282. The minimum atomic E-state index is -0.371. The molecule has 0 aliphatic carbocycles. The lowest BCUT2D eigenvalue weighted by Gasteiger charge is -2.37. The van der Waals surface area contributed by atoms with E-state index < -0.39 is 0 Å². The molecule has 2 aliphatic rings. The van der Waals surface area contributed by atoms with Crippen LogP contribution in [0.15, 0.2) is 0 Å². The van der Waals surface area contributed by atoms with Gasteiger partial charge in [0.2, 0.25) is 0 Å². The van der Waals surface area contributed by atoms with Gasteiger partial charge in [0.15, 0.2) is 0 Å². The van der Waals surface area contributed by atoms with Gasteiger partial charge in [-0.25, -0.2) is 0 Å². The van der Waals surface area contributed by atoms with Gasteiger partial charge >= 0.3 is 11.9 Å². The van der Waals surface area contributed by atoms with Crippen LogP contribution in [0, 0.1) is 0 Å². The summed E-state index contributed by atoms with van der Waals surface area (Å²) in [6.45, 7) is 4.08. The van der Waals surface area contributed by atoms with Crippen LogP contribution in [0.4, 0.5) is 11.9 Å². The van der Waals surface area contributed by atoms with Gasteiger partial charge in [0.25, 0.3) is 0 Å². The number of rotatable bonds is 2. The first-order valence-corrected chi connectivity index (χ1v) is 8.15. The Labute approximate surface area is 126 Å². The van der Waals surface area contributed by atoms with Gasteiger partial charge in [0.05, 0.1) is 46.3 Å². The van der Waals surface area contributed by atoms with Gasteiger partial charge in [0.1, 0.15) is 0 Å². The SMILES string of the molecule is C[N+]1(c2nc([O-])nc([N+]3(C)CCCCC3)n2)CCCCC1. The van der Waals surface area contributed by atoms with Gasteiger partial charge in [-0.05, 0) is 38.5 Å². The molecule has 21 heavy (non-hydrogen) atoms. The molecule has 3 heterocycles. The zero-order valence-corrected chi connectivity index (χ0v) is 13.2. The average molecular weight is 292 g/mol. The highest BCUT2D eigenvalue weighted by Crippen LogP contribution is 2.28. The van der Waals surface area contributed by atoms with Crippen molar-refractivity contribution in [2.24, 2.45) is 0 Å². The summed E-state index contributed by atoms with van der Waals surface area (Å²) < 4.78 is 1.37. The summed E-state index contributed by atoms with van der Waals surface area (Å²) in [5.74, 6) is 1.35. The van der Waals surface area contributed by atoms with E-state index >= 15 is 0 Å². The standard InChI is InChI=1S/C15H26N5O/c1-19(9-5-3-6-10-19)13-16-14(18-15(21)17-13)20(2)11-7-4-8-12-20/h3-12H2,1-2H3/q+1. The number of quaternary nitrogens is 2. The van der Waals surface area contributed by atoms with E-state index in [1.807, 2.05) is 0 Å². The molecule has 1 aromatic heterocycles. The number of aromatic nitrogens is 3. The average Bonchev–Trinajstić information content (AvgIpc) is 2.48. The van der Waals surface area contributed by atoms with E-state index in [1.54, 1.807) is 0 Å². The Kier molecular flexibility index (Phi) is 3.84. The normalized spacial score (nSPS) is 24.7. The Morgan fingerprint density at radius 1 is 0.667 bits per heavy atom. The fourth-order valence-corrected chi connectivity index (χ4v) is 3.64. The van der Waals surface area contributed by atoms with Crippen molar-refractivity contribution in [3.05, 3.63) is 0 Å². The first-order chi connectivity index (χ1) is 10.0. The molecule has 0 amide bonds. The van der Waals surface area contributed by atoms with Crippen LogP contribution in [0.3, 0.4) is 0 Å². The summed E-state index contributed by atoms with van der Waals surface area (Å²) in [5, 5.41) is 12.0. The fraction of sp³-hybridized carbons (Fsp3) is 0.800. The third kappa shape index (κ3) is 2.87. The zero-order chi connectivity index (χ0) is 14.9. The molecule has 3 rings (SSSR count). The number of nitrogens with zero attached hydrogens (tertiary/aromatic N) is 5. The van der Waals surface area contributed by atoms with Gasteiger partial charge in [-0.3, -0.25) is 8.97 Å². The number of likely N-dealkylation sites (tertiary alicyclic amines) is 2. The van der Waals surface area contributed by atoms with E-state index in [9.17, 15) is 5.11 Å². The monoisotopic (exact) mass is 292 g/mol. The molecule has 6 heteroatoms. The molecule has 2 fully saturated rings. The number of piperidine rings is 2. The predicted octanol–water partition coefficient (Wildman–Crippen LogP) is 1.19. The van der Waals surface area contributed by atoms with E-state index in [0.717, 1.165) is 26.2 Å². The molecule has 0 bridgehead atoms. The molecular weight excluding hydrogens is 266 g/mol. The summed E-state index contributed by atoms with van der Waals surface area (Å²) in [4.78, 5) is 13.0. The number of hydrogen-bond acceptors (Lipinski definition) is 4. The minimum absolute atomic E-state index is 0.371. The Morgan fingerprint density at radius 3 is 1.43 bits per heavy atom. The van der Waals surface area contributed by atoms with E-state index in [4.69, 9.17) is 4.98 Å². The van der Waals surface area contributed by atoms with E-state index in [1.165, 1.54) is 38.5 Å². The predicted molar refractivity (Wildman–Crippen MR) is 81.9 cm³/mol. The van der Waals surface area contributed by atoms with Crippen LogP contribution in [-0.4, -0.2) is 55.2 Å². The molecule has 0 saturated carbocycles. The smallest absolute Gasteiger partial charge is 0.336 e. The Bertz CT molecular complexity index is 465. The summed E-state index contributed by atoms with van der Waals surface area (Å²) in [6, 6.07) is -0.371. The van der Waals surface area contributed by atoms with Crippen molar-refractivity contribution < 1.29 is 5.11 Å². The lowest BCUT2D eigenvalue weighted by Crippen LogP contribution is -2.53. The molecular formula is C15H26N5O+. The summed E-state index contributed by atoms with van der Waals surface area (Å²) >= 11 is 0. The summed E-state index contributed by atoms with van der Waals surface area (Å²) in [5.41, 5.74) is 0. The Morgan fingerprint density at radius 2 is 1.05 bits per heavy atom. The maximum Gasteiger partial charge on any atom is 0.336 e. The van der Waals surface area contributed by atoms with Crippen molar-refractivity contribution in [2.45, 2.75) is 38.5 Å². The molecule has 0 unspecified atom stereocenters. The lowest BCUT2D eigenvalue weighted by atomic mass is 10.1. The third-order valence-electron chi connectivity index (χ3n) is 5.16. The van der Waals surface area contributed by atoms with Crippen molar-refractivity contribution in [3.8, 4) is 6.01 Å². The topological polar surface area (TPSA) is 61.7 Å². The van der Waals surface area contributed by atoms with Gasteiger partial charge in [-0.15, -0.1) is 4.98 Å². The molecule has 0 radical (unpaired) electrons. The van der Waals surface area contributed by atoms with Crippen molar-refractivity contribution in [2.75, 3.05) is 40.3 Å². The van der Waals surface area contributed by atoms with Crippen LogP contribution in [0.1, 0.15) is 38.5 Å². The molecule has 0 aromatic carbocycles. The molecule has 116 valence electrons. The highest BCUT2D eigenvalue weighted by atomic mass is 16.3. The van der Waals surface area contributed by atoms with Crippen LogP contribution in [0.2, 0.25) is 0 Å². The van der Waals surface area contributed by atoms with Crippen LogP contribution < -0.4 is 14.1 Å². The maximum atomic E-state index is 12.0. The molecule has 1 aromatic rings. The first-order valence-electron chi connectivity index (χ1n) is 8.15. The molecule has 0 spiro atoms. The molecule has 2 saturated heterocycles. The van der Waals surface area contributed by atoms with Crippen molar-refractivity contribution >= 4 is 11.9 Å². The van der Waals surface area contributed by atoms with Gasteiger partial charge in [-0.1, -0.05) is 0 Å². The molecule has 2 aliphatic heterocycles. The largest absolute Gasteiger partial charge is 0.844 e. The minimum Gasteiger partial charge on any atom is -0.844 e. The molecule has 0 atom stereocenters. The fourth-order valence-electron chi connectivity index (χ4n) is 3.64. The Hall–Kier alpha value is -1.27. The van der Waals surface area contributed by atoms with Gasteiger partial charge < -0.3 is 5.11 Å². The number of hydrogen-bond donors (Lipinski definition) is 0. The van der Waals surface area contributed by atoms with E-state index in [2.05, 4.69) is 24.1 Å². The highest BCUT2D eigenvalue weighted by molar-refractivity contribution is 5.35. The maximum absolute atomic E-state index is 12.0. The second-order valence-electron chi connectivity index (χ2n) is 7.03. The molecule has 6 nitrogen and oxygen atoms in total. The van der Waals surface area contributed by atoms with Crippen molar-refractivity contribution in [1.29, 1.82) is 0 Å². The van der Waals surface area contributed by atoms with Crippen LogP contribution in [-0.2, 0) is 0 Å². The van der Waals surface area contributed by atoms with Crippen LogP contribution in [0.5, 0.6) is 6.01 Å². The second-order valence-corrected chi connectivity index (χ2v) is 7.03. The quantitative estimate of drug-likeness (QED) is 0.768. The van der Waals surface area contributed by atoms with Crippen LogP contribution >= 0.6 is 0 Å². The highest BCUT2D eigenvalue weighted by Gasteiger charge is 2.36. The first kappa shape index (κ1) is 14.7. The zero-order valence-electron chi connectivity index (χ0n) is 13.2. The summed E-state index contributed by atoms with van der Waals surface area (Å²) in [6.07, 6.45) is 7.25. The van der Waals surface area contributed by atoms with Crippen molar-refractivity contribution in [3.63, 3.8) is 0 Å². The van der Waals surface area contributed by atoms with Gasteiger partial charge in [-0.2, -0.15) is 9.97 Å². The summed E-state index contributed by atoms with van der Waals surface area (Å²) in [7, 11) is 4.29.